The summed E-state index contributed by atoms with van der Waals surface area (Å²) in [6.07, 6.45) is 4.14. The molecule has 0 fully saturated rings. The van der Waals surface area contributed by atoms with Gasteiger partial charge >= 0.3 is 0 Å². The van der Waals surface area contributed by atoms with Crippen molar-refractivity contribution in [2.45, 2.75) is 71.3 Å². The molecular weight excluding hydrogens is 340 g/mol. The van der Waals surface area contributed by atoms with Gasteiger partial charge in [-0.3, -0.25) is 4.98 Å². The third-order valence-electron chi connectivity index (χ3n) is 5.94. The summed E-state index contributed by atoms with van der Waals surface area (Å²) in [5.41, 5.74) is 8.24. The van der Waals surface area contributed by atoms with E-state index in [2.05, 4.69) is 88.2 Å². The van der Waals surface area contributed by atoms with Gasteiger partial charge in [-0.2, -0.15) is 0 Å². The highest BCUT2D eigenvalue weighted by Crippen LogP contribution is 2.38. The smallest absolute Gasteiger partial charge is 0.0739 e. The molecule has 2 heterocycles. The van der Waals surface area contributed by atoms with Gasteiger partial charge in [0.2, 0.25) is 0 Å². The minimum atomic E-state index is 0.0663. The number of nitrogens with one attached hydrogen (secondary N) is 1. The summed E-state index contributed by atoms with van der Waals surface area (Å²) in [6, 6.07) is 16.2. The molecule has 0 bridgehead atoms. The summed E-state index contributed by atoms with van der Waals surface area (Å²) in [5, 5.41) is 5.05. The van der Waals surface area contributed by atoms with Crippen molar-refractivity contribution in [2.75, 3.05) is 5.32 Å². The molecule has 28 heavy (non-hydrogen) atoms. The van der Waals surface area contributed by atoms with E-state index in [1.165, 1.54) is 33.3 Å². The van der Waals surface area contributed by atoms with Gasteiger partial charge in [-0.1, -0.05) is 65.8 Å². The number of aryl methyl sites for hydroxylation is 1. The lowest BCUT2D eigenvalue weighted by Crippen LogP contribution is -2.21. The second-order valence-corrected chi connectivity index (χ2v) is 10.3. The first-order valence-electron chi connectivity index (χ1n) is 10.4. The Kier molecular flexibility index (Phi) is 4.49. The predicted octanol–water partition coefficient (Wildman–Crippen LogP) is 6.93. The van der Waals surface area contributed by atoms with E-state index < -0.39 is 0 Å². The van der Waals surface area contributed by atoms with Crippen LogP contribution in [0.3, 0.4) is 0 Å². The molecule has 0 radical (unpaired) electrons. The highest BCUT2D eigenvalue weighted by Gasteiger charge is 2.25. The number of rotatable bonds is 1. The monoisotopic (exact) mass is 372 g/mol. The van der Waals surface area contributed by atoms with Crippen molar-refractivity contribution < 1.29 is 0 Å². The van der Waals surface area contributed by atoms with Crippen LogP contribution >= 0.6 is 0 Å². The van der Waals surface area contributed by atoms with Crippen LogP contribution in [-0.2, 0) is 17.3 Å². The highest BCUT2D eigenvalue weighted by atomic mass is 14.9. The van der Waals surface area contributed by atoms with E-state index in [0.29, 0.717) is 6.04 Å². The largest absolute Gasteiger partial charge is 0.378 e. The van der Waals surface area contributed by atoms with Crippen LogP contribution in [0.15, 0.2) is 48.7 Å². The molecule has 1 unspecified atom stereocenters. The minimum absolute atomic E-state index is 0.0663. The van der Waals surface area contributed by atoms with Crippen LogP contribution < -0.4 is 5.32 Å². The number of hydrogen-bond acceptors (Lipinski definition) is 2. The molecule has 0 spiro atoms. The molecule has 3 aromatic rings. The highest BCUT2D eigenvalue weighted by molar-refractivity contribution is 5.83. The zero-order valence-corrected chi connectivity index (χ0v) is 18.1. The maximum atomic E-state index is 4.68. The second kappa shape index (κ2) is 6.62. The molecular formula is C26H32N2. The molecule has 0 amide bonds. The van der Waals surface area contributed by atoms with E-state index in [4.69, 9.17) is 0 Å². The van der Waals surface area contributed by atoms with Crippen molar-refractivity contribution in [2.24, 2.45) is 0 Å². The molecule has 1 aliphatic heterocycles. The summed E-state index contributed by atoms with van der Waals surface area (Å²) in [5.74, 6) is 0. The van der Waals surface area contributed by atoms with Crippen LogP contribution in [0, 0.1) is 0 Å². The molecule has 4 rings (SSSR count). The first kappa shape index (κ1) is 19.0. The fourth-order valence-corrected chi connectivity index (χ4v) is 4.21. The summed E-state index contributed by atoms with van der Waals surface area (Å²) >= 11 is 0. The Hall–Kier alpha value is -2.35. The lowest BCUT2D eigenvalue weighted by Gasteiger charge is -2.31. The number of hydrogen-bond donors (Lipinski definition) is 1. The third kappa shape index (κ3) is 3.53. The van der Waals surface area contributed by atoms with Crippen LogP contribution in [0.1, 0.15) is 76.3 Å². The molecule has 2 heteroatoms. The average molecular weight is 373 g/mol. The Labute approximate surface area is 169 Å². The normalized spacial score (nSPS) is 17.3. The zero-order chi connectivity index (χ0) is 20.1. The van der Waals surface area contributed by atoms with E-state index >= 15 is 0 Å². The van der Waals surface area contributed by atoms with E-state index in [-0.39, 0.29) is 10.8 Å². The Morgan fingerprint density at radius 2 is 1.71 bits per heavy atom. The Morgan fingerprint density at radius 1 is 0.929 bits per heavy atom. The molecule has 2 nitrogen and oxygen atoms in total. The summed E-state index contributed by atoms with van der Waals surface area (Å²) < 4.78 is 0. The zero-order valence-electron chi connectivity index (χ0n) is 18.1. The van der Waals surface area contributed by atoms with Gasteiger partial charge in [-0.25, -0.2) is 0 Å². The molecule has 0 saturated heterocycles. The molecule has 0 saturated carbocycles. The van der Waals surface area contributed by atoms with Gasteiger partial charge in [0.25, 0.3) is 0 Å². The van der Waals surface area contributed by atoms with Gasteiger partial charge < -0.3 is 5.32 Å². The van der Waals surface area contributed by atoms with Crippen molar-refractivity contribution >= 4 is 16.6 Å². The average Bonchev–Trinajstić information content (AvgIpc) is 2.64. The Balaban J connectivity index is 1.72. The predicted molar refractivity (Wildman–Crippen MR) is 120 cm³/mol. The number of anilines is 1. The van der Waals surface area contributed by atoms with E-state index in [0.717, 1.165) is 18.4 Å². The molecule has 2 aromatic carbocycles. The van der Waals surface area contributed by atoms with Crippen molar-refractivity contribution in [3.63, 3.8) is 0 Å². The van der Waals surface area contributed by atoms with Gasteiger partial charge in [0.05, 0.1) is 11.6 Å². The quantitative estimate of drug-likeness (QED) is 0.501. The molecule has 146 valence electrons. The van der Waals surface area contributed by atoms with Crippen molar-refractivity contribution in [3.8, 4) is 0 Å². The molecule has 1 aliphatic rings. The maximum absolute atomic E-state index is 4.68. The van der Waals surface area contributed by atoms with Crippen LogP contribution in [0.5, 0.6) is 0 Å². The van der Waals surface area contributed by atoms with E-state index in [1.54, 1.807) is 0 Å². The Bertz CT molecular complexity index is 1020. The first-order valence-corrected chi connectivity index (χ1v) is 10.4. The third-order valence-corrected chi connectivity index (χ3v) is 5.94. The van der Waals surface area contributed by atoms with Crippen LogP contribution in [0.4, 0.5) is 5.69 Å². The molecule has 1 atom stereocenters. The topological polar surface area (TPSA) is 24.9 Å². The van der Waals surface area contributed by atoms with Gasteiger partial charge in [0.1, 0.15) is 0 Å². The van der Waals surface area contributed by atoms with Crippen molar-refractivity contribution in [1.29, 1.82) is 0 Å². The molecule has 1 N–H and O–H groups in total. The molecule has 1 aromatic heterocycles. The fourth-order valence-electron chi connectivity index (χ4n) is 4.21. The van der Waals surface area contributed by atoms with Crippen LogP contribution in [0.25, 0.3) is 10.9 Å². The standard InChI is InChI=1S/C26H32N2/c1-25(2,3)20-10-12-22-17(15-20)9-11-23(28-22)19-14-18-8-7-13-27-24(18)21(16-19)26(4,5)6/h7-8,10,12-16,23,28H,9,11H2,1-6H3. The number of benzene rings is 2. The van der Waals surface area contributed by atoms with E-state index in [1.807, 2.05) is 12.3 Å². The lowest BCUT2D eigenvalue weighted by atomic mass is 9.81. The minimum Gasteiger partial charge on any atom is -0.378 e. The number of aromatic nitrogens is 1. The van der Waals surface area contributed by atoms with Gasteiger partial charge in [-0.15, -0.1) is 0 Å². The maximum Gasteiger partial charge on any atom is 0.0739 e. The SMILES string of the molecule is CC(C)(C)c1ccc2c(c1)CCC(c1cc(C(C)(C)C)c3ncccc3c1)N2. The van der Waals surface area contributed by atoms with E-state index in [9.17, 15) is 0 Å². The summed E-state index contributed by atoms with van der Waals surface area (Å²) in [6.45, 7) is 13.7. The Morgan fingerprint density at radius 3 is 2.43 bits per heavy atom. The van der Waals surface area contributed by atoms with Crippen molar-refractivity contribution in [3.05, 3.63) is 70.9 Å². The van der Waals surface area contributed by atoms with Gasteiger partial charge in [-0.05, 0) is 64.1 Å². The fraction of sp³-hybridized carbons (Fsp3) is 0.423. The van der Waals surface area contributed by atoms with Gasteiger partial charge in [0.15, 0.2) is 0 Å². The number of fused-ring (bicyclic) bond motifs is 2. The van der Waals surface area contributed by atoms with Gasteiger partial charge in [0, 0.05) is 17.3 Å². The first-order chi connectivity index (χ1) is 13.1. The second-order valence-electron chi connectivity index (χ2n) is 10.3. The molecule has 0 aliphatic carbocycles. The van der Waals surface area contributed by atoms with Crippen LogP contribution in [0.2, 0.25) is 0 Å². The van der Waals surface area contributed by atoms with Crippen molar-refractivity contribution in [1.82, 2.24) is 4.98 Å². The van der Waals surface area contributed by atoms with Crippen LogP contribution in [-0.4, -0.2) is 4.98 Å². The lowest BCUT2D eigenvalue weighted by molar-refractivity contribution is 0.585. The summed E-state index contributed by atoms with van der Waals surface area (Å²) in [7, 11) is 0. The number of pyridine rings is 1. The summed E-state index contributed by atoms with van der Waals surface area (Å²) in [4.78, 5) is 4.68. The number of nitrogens with zero attached hydrogens (tertiary/aromatic N) is 1.